The first-order chi connectivity index (χ1) is 8.93. The highest BCUT2D eigenvalue weighted by Crippen LogP contribution is 2.35. The minimum Gasteiger partial charge on any atom is -0.368 e. The van der Waals surface area contributed by atoms with Crippen molar-refractivity contribution < 1.29 is 4.39 Å². The Hall–Kier alpha value is -1.09. The van der Waals surface area contributed by atoms with E-state index in [0.29, 0.717) is 12.0 Å². The fourth-order valence-electron chi connectivity index (χ4n) is 3.07. The highest BCUT2D eigenvalue weighted by Gasteiger charge is 2.29. The molecule has 1 N–H and O–H groups in total. The van der Waals surface area contributed by atoms with Crippen molar-refractivity contribution in [2.45, 2.75) is 46.2 Å². The van der Waals surface area contributed by atoms with Gasteiger partial charge in [-0.2, -0.15) is 0 Å². The average Bonchev–Trinajstić information content (AvgIpc) is 2.70. The van der Waals surface area contributed by atoms with Gasteiger partial charge < -0.3 is 10.2 Å². The molecule has 0 aromatic heterocycles. The van der Waals surface area contributed by atoms with Gasteiger partial charge in [-0.05, 0) is 63.4 Å². The average molecular weight is 264 g/mol. The van der Waals surface area contributed by atoms with E-state index >= 15 is 0 Å². The summed E-state index contributed by atoms with van der Waals surface area (Å²) < 4.78 is 13.9. The number of rotatable bonds is 3. The molecule has 106 valence electrons. The Labute approximate surface area is 116 Å². The van der Waals surface area contributed by atoms with Gasteiger partial charge in [-0.25, -0.2) is 4.39 Å². The molecule has 1 aliphatic rings. The zero-order valence-electron chi connectivity index (χ0n) is 12.6. The SMILES string of the molecule is CNC(C)c1cc(F)c(C)cc1N1CC(C)CC1C. The molecule has 1 fully saturated rings. The smallest absolute Gasteiger partial charge is 0.126 e. The van der Waals surface area contributed by atoms with Crippen molar-refractivity contribution in [3.8, 4) is 0 Å². The summed E-state index contributed by atoms with van der Waals surface area (Å²) in [5, 5.41) is 3.22. The van der Waals surface area contributed by atoms with Gasteiger partial charge >= 0.3 is 0 Å². The first-order valence-electron chi connectivity index (χ1n) is 7.18. The summed E-state index contributed by atoms with van der Waals surface area (Å²) in [4.78, 5) is 2.43. The molecule has 2 rings (SSSR count). The second-order valence-electron chi connectivity index (χ2n) is 6.01. The lowest BCUT2D eigenvalue weighted by Crippen LogP contribution is -2.29. The van der Waals surface area contributed by atoms with Crippen LogP contribution in [0.3, 0.4) is 0 Å². The highest BCUT2D eigenvalue weighted by molar-refractivity contribution is 5.58. The number of halogens is 1. The van der Waals surface area contributed by atoms with E-state index in [1.54, 1.807) is 6.07 Å². The summed E-state index contributed by atoms with van der Waals surface area (Å²) in [6, 6.07) is 4.39. The Morgan fingerprint density at radius 1 is 1.37 bits per heavy atom. The molecule has 19 heavy (non-hydrogen) atoms. The first-order valence-corrected chi connectivity index (χ1v) is 7.18. The van der Waals surface area contributed by atoms with Gasteiger partial charge in [0, 0.05) is 24.3 Å². The summed E-state index contributed by atoms with van der Waals surface area (Å²) in [6.07, 6.45) is 1.21. The lowest BCUT2D eigenvalue weighted by molar-refractivity contribution is 0.598. The second kappa shape index (κ2) is 5.49. The molecule has 0 amide bonds. The molecule has 0 bridgehead atoms. The molecule has 0 saturated carbocycles. The van der Waals surface area contributed by atoms with Gasteiger partial charge in [0.1, 0.15) is 5.82 Å². The Balaban J connectivity index is 2.45. The normalized spacial score (nSPS) is 24.8. The largest absolute Gasteiger partial charge is 0.368 e. The quantitative estimate of drug-likeness (QED) is 0.896. The van der Waals surface area contributed by atoms with Crippen LogP contribution >= 0.6 is 0 Å². The van der Waals surface area contributed by atoms with Crippen LogP contribution in [0.25, 0.3) is 0 Å². The standard InChI is InChI=1S/C16H25FN2/c1-10-6-12(3)19(9-10)16-7-11(2)15(17)8-14(16)13(4)18-5/h7-8,10,12-13,18H,6,9H2,1-5H3. The van der Waals surface area contributed by atoms with Crippen molar-refractivity contribution in [2.75, 3.05) is 18.5 Å². The fourth-order valence-corrected chi connectivity index (χ4v) is 3.07. The molecule has 1 aliphatic heterocycles. The molecule has 0 radical (unpaired) electrons. The van der Waals surface area contributed by atoms with E-state index in [4.69, 9.17) is 0 Å². The molecule has 1 aromatic rings. The van der Waals surface area contributed by atoms with E-state index < -0.39 is 0 Å². The topological polar surface area (TPSA) is 15.3 Å². The lowest BCUT2D eigenvalue weighted by atomic mass is 10.0. The molecule has 3 unspecified atom stereocenters. The van der Waals surface area contributed by atoms with E-state index in [9.17, 15) is 4.39 Å². The van der Waals surface area contributed by atoms with Crippen molar-refractivity contribution in [3.05, 3.63) is 29.1 Å². The van der Waals surface area contributed by atoms with Gasteiger partial charge in [0.05, 0.1) is 0 Å². The van der Waals surface area contributed by atoms with Crippen LogP contribution in [0, 0.1) is 18.7 Å². The molecule has 3 atom stereocenters. The minimum atomic E-state index is -0.110. The molecule has 2 nitrogen and oxygen atoms in total. The van der Waals surface area contributed by atoms with Crippen molar-refractivity contribution in [2.24, 2.45) is 5.92 Å². The van der Waals surface area contributed by atoms with Gasteiger partial charge in [-0.15, -0.1) is 0 Å². The third-order valence-electron chi connectivity index (χ3n) is 4.30. The zero-order valence-corrected chi connectivity index (χ0v) is 12.6. The fraction of sp³-hybridized carbons (Fsp3) is 0.625. The third kappa shape index (κ3) is 2.76. The van der Waals surface area contributed by atoms with Gasteiger partial charge in [0.2, 0.25) is 0 Å². The van der Waals surface area contributed by atoms with E-state index in [-0.39, 0.29) is 11.9 Å². The first kappa shape index (κ1) is 14.3. The Kier molecular flexibility index (Phi) is 4.14. The van der Waals surface area contributed by atoms with Crippen molar-refractivity contribution >= 4 is 5.69 Å². The van der Waals surface area contributed by atoms with E-state index in [1.807, 2.05) is 20.0 Å². The molecular formula is C16H25FN2. The Bertz CT molecular complexity index is 458. The van der Waals surface area contributed by atoms with Crippen LogP contribution in [0.1, 0.15) is 44.4 Å². The summed E-state index contributed by atoms with van der Waals surface area (Å²) in [6.45, 7) is 9.54. The molecule has 1 aromatic carbocycles. The third-order valence-corrected chi connectivity index (χ3v) is 4.30. The molecule has 1 heterocycles. The van der Waals surface area contributed by atoms with E-state index in [0.717, 1.165) is 17.7 Å². The maximum atomic E-state index is 13.9. The summed E-state index contributed by atoms with van der Waals surface area (Å²) >= 11 is 0. The van der Waals surface area contributed by atoms with Gasteiger partial charge in [-0.3, -0.25) is 0 Å². The number of hydrogen-bond acceptors (Lipinski definition) is 2. The van der Waals surface area contributed by atoms with E-state index in [2.05, 4.69) is 31.0 Å². The molecule has 3 heteroatoms. The predicted octanol–water partition coefficient (Wildman–Crippen LogP) is 3.65. The van der Waals surface area contributed by atoms with Crippen LogP contribution in [0.4, 0.5) is 10.1 Å². The van der Waals surface area contributed by atoms with Crippen LogP contribution in [0.5, 0.6) is 0 Å². The second-order valence-corrected chi connectivity index (χ2v) is 6.01. The van der Waals surface area contributed by atoms with Crippen molar-refractivity contribution in [3.63, 3.8) is 0 Å². The number of anilines is 1. The molecule has 0 aliphatic carbocycles. The van der Waals surface area contributed by atoms with Crippen molar-refractivity contribution in [1.82, 2.24) is 5.32 Å². The molecule has 0 spiro atoms. The monoisotopic (exact) mass is 264 g/mol. The van der Waals surface area contributed by atoms with Crippen LogP contribution in [-0.4, -0.2) is 19.6 Å². The highest BCUT2D eigenvalue weighted by atomic mass is 19.1. The Morgan fingerprint density at radius 3 is 2.58 bits per heavy atom. The lowest BCUT2D eigenvalue weighted by Gasteiger charge is -2.29. The maximum absolute atomic E-state index is 13.9. The van der Waals surface area contributed by atoms with Gasteiger partial charge in [0.15, 0.2) is 0 Å². The zero-order chi connectivity index (χ0) is 14.2. The van der Waals surface area contributed by atoms with Gasteiger partial charge in [0.25, 0.3) is 0 Å². The Morgan fingerprint density at radius 2 is 2.05 bits per heavy atom. The summed E-state index contributed by atoms with van der Waals surface area (Å²) in [5.41, 5.74) is 2.98. The maximum Gasteiger partial charge on any atom is 0.126 e. The van der Waals surface area contributed by atoms with Crippen LogP contribution < -0.4 is 10.2 Å². The van der Waals surface area contributed by atoms with Crippen LogP contribution in [-0.2, 0) is 0 Å². The molecule has 1 saturated heterocycles. The number of nitrogens with zero attached hydrogens (tertiary/aromatic N) is 1. The predicted molar refractivity (Wildman–Crippen MR) is 79.2 cm³/mol. The van der Waals surface area contributed by atoms with Crippen molar-refractivity contribution in [1.29, 1.82) is 0 Å². The number of benzene rings is 1. The minimum absolute atomic E-state index is 0.110. The number of hydrogen-bond donors (Lipinski definition) is 1. The van der Waals surface area contributed by atoms with Crippen LogP contribution in [0.2, 0.25) is 0 Å². The van der Waals surface area contributed by atoms with Crippen LogP contribution in [0.15, 0.2) is 12.1 Å². The van der Waals surface area contributed by atoms with Gasteiger partial charge in [-0.1, -0.05) is 6.92 Å². The molecular weight excluding hydrogens is 239 g/mol. The summed E-state index contributed by atoms with van der Waals surface area (Å²) in [7, 11) is 1.92. The number of aryl methyl sites for hydroxylation is 1. The van der Waals surface area contributed by atoms with E-state index in [1.165, 1.54) is 12.1 Å². The number of nitrogens with one attached hydrogen (secondary N) is 1. The summed E-state index contributed by atoms with van der Waals surface area (Å²) in [5.74, 6) is 0.596.